The second-order valence-electron chi connectivity index (χ2n) is 6.57. The number of fused-ring (bicyclic) bond motifs is 1. The first kappa shape index (κ1) is 22.5. The molecule has 0 unspecified atom stereocenters. The van der Waals surface area contributed by atoms with Crippen molar-refractivity contribution in [3.8, 4) is 11.5 Å². The van der Waals surface area contributed by atoms with Crippen LogP contribution >= 0.6 is 12.4 Å². The first-order chi connectivity index (χ1) is 11.7. The molecular weight excluding hydrogens is 382 g/mol. The lowest BCUT2D eigenvalue weighted by Gasteiger charge is -2.18. The number of ether oxygens (including phenoxy) is 2. The number of halogens is 1. The van der Waals surface area contributed by atoms with Crippen LogP contribution in [0.5, 0.6) is 11.5 Å². The van der Waals surface area contributed by atoms with E-state index in [1.807, 2.05) is 0 Å². The molecule has 0 radical (unpaired) electrons. The number of carbonyl (C=O) groups is 1. The minimum atomic E-state index is -3.73. The van der Waals surface area contributed by atoms with Crippen molar-refractivity contribution in [3.63, 3.8) is 0 Å². The van der Waals surface area contributed by atoms with E-state index in [-0.39, 0.29) is 36.2 Å². The van der Waals surface area contributed by atoms with Gasteiger partial charge in [0.05, 0.1) is 18.1 Å². The van der Waals surface area contributed by atoms with Crippen molar-refractivity contribution in [3.05, 3.63) is 18.2 Å². The molecule has 0 bridgehead atoms. The highest BCUT2D eigenvalue weighted by molar-refractivity contribution is 7.89. The van der Waals surface area contributed by atoms with Gasteiger partial charge in [0.25, 0.3) is 0 Å². The van der Waals surface area contributed by atoms with E-state index in [4.69, 9.17) is 15.2 Å². The molecule has 8 nitrogen and oxygen atoms in total. The fourth-order valence-corrected chi connectivity index (χ4v) is 3.15. The summed E-state index contributed by atoms with van der Waals surface area (Å²) in [6, 6.07) is 4.46. The number of nitrogens with two attached hydrogens (primary N) is 1. The number of carbonyl (C=O) groups excluding carboxylic acids is 1. The molecule has 0 spiro atoms. The van der Waals surface area contributed by atoms with Crippen molar-refractivity contribution in [1.82, 2.24) is 10.0 Å². The Hall–Kier alpha value is -1.55. The zero-order valence-electron chi connectivity index (χ0n) is 14.9. The van der Waals surface area contributed by atoms with Crippen LogP contribution in [0.3, 0.4) is 0 Å². The highest BCUT2D eigenvalue weighted by Crippen LogP contribution is 2.31. The van der Waals surface area contributed by atoms with Crippen molar-refractivity contribution in [2.45, 2.75) is 37.1 Å². The Kier molecular flexibility index (Phi) is 8.14. The molecule has 2 rings (SSSR count). The molecule has 0 atom stereocenters. The lowest BCUT2D eigenvalue weighted by Crippen LogP contribution is -2.45. The van der Waals surface area contributed by atoms with Crippen LogP contribution in [0.25, 0.3) is 0 Å². The van der Waals surface area contributed by atoms with Gasteiger partial charge in [-0.05, 0) is 26.0 Å². The van der Waals surface area contributed by atoms with E-state index >= 15 is 0 Å². The molecule has 1 amide bonds. The van der Waals surface area contributed by atoms with Crippen LogP contribution in [0.15, 0.2) is 23.1 Å². The third-order valence-corrected chi connectivity index (χ3v) is 4.87. The van der Waals surface area contributed by atoms with Crippen molar-refractivity contribution in [2.75, 3.05) is 26.3 Å². The van der Waals surface area contributed by atoms with Gasteiger partial charge in [-0.1, -0.05) is 0 Å². The van der Waals surface area contributed by atoms with Crippen molar-refractivity contribution >= 4 is 28.3 Å². The Morgan fingerprint density at radius 3 is 2.54 bits per heavy atom. The number of nitrogens with one attached hydrogen (secondary N) is 2. The van der Waals surface area contributed by atoms with Crippen LogP contribution in [-0.2, 0) is 14.8 Å². The Morgan fingerprint density at radius 1 is 1.23 bits per heavy atom. The lowest BCUT2D eigenvalue weighted by atomic mass is 10.1. The third kappa shape index (κ3) is 6.99. The summed E-state index contributed by atoms with van der Waals surface area (Å²) in [5, 5.41) is 2.66. The van der Waals surface area contributed by atoms with E-state index in [0.717, 1.165) is 6.42 Å². The Bertz CT molecular complexity index is 719. The van der Waals surface area contributed by atoms with Crippen molar-refractivity contribution in [1.29, 1.82) is 0 Å². The molecule has 1 aromatic rings. The van der Waals surface area contributed by atoms with Crippen molar-refractivity contribution < 1.29 is 22.7 Å². The van der Waals surface area contributed by atoms with Crippen LogP contribution in [0.2, 0.25) is 0 Å². The highest BCUT2D eigenvalue weighted by Gasteiger charge is 2.19. The summed E-state index contributed by atoms with van der Waals surface area (Å²) >= 11 is 0. The predicted octanol–water partition coefficient (Wildman–Crippen LogP) is 0.792. The van der Waals surface area contributed by atoms with Crippen LogP contribution in [0.1, 0.15) is 26.7 Å². The van der Waals surface area contributed by atoms with Gasteiger partial charge >= 0.3 is 0 Å². The molecule has 0 fully saturated rings. The van der Waals surface area contributed by atoms with E-state index in [9.17, 15) is 13.2 Å². The Balaban J connectivity index is 0.00000338. The average Bonchev–Trinajstić information content (AvgIpc) is 2.76. The molecule has 0 saturated heterocycles. The largest absolute Gasteiger partial charge is 0.490 e. The number of benzene rings is 1. The van der Waals surface area contributed by atoms with Crippen molar-refractivity contribution in [2.24, 2.45) is 5.73 Å². The first-order valence-electron chi connectivity index (χ1n) is 8.12. The van der Waals surface area contributed by atoms with Gasteiger partial charge in [-0.3, -0.25) is 4.79 Å². The Morgan fingerprint density at radius 2 is 1.88 bits per heavy atom. The highest BCUT2D eigenvalue weighted by atomic mass is 35.5. The topological polar surface area (TPSA) is 120 Å². The number of hydrogen-bond donors (Lipinski definition) is 3. The first-order valence-corrected chi connectivity index (χ1v) is 9.61. The summed E-state index contributed by atoms with van der Waals surface area (Å²) in [7, 11) is -3.73. The summed E-state index contributed by atoms with van der Waals surface area (Å²) < 4.78 is 38.1. The minimum Gasteiger partial charge on any atom is -0.490 e. The summed E-state index contributed by atoms with van der Waals surface area (Å²) in [4.78, 5) is 11.8. The molecule has 1 aliphatic heterocycles. The summed E-state index contributed by atoms with van der Waals surface area (Å²) in [6.45, 7) is 4.90. The van der Waals surface area contributed by atoms with E-state index in [1.54, 1.807) is 19.9 Å². The lowest BCUT2D eigenvalue weighted by molar-refractivity contribution is -0.121. The molecule has 26 heavy (non-hydrogen) atoms. The number of hydrogen-bond acceptors (Lipinski definition) is 6. The van der Waals surface area contributed by atoms with Gasteiger partial charge in [-0.15, -0.1) is 12.4 Å². The molecular formula is C16H26ClN3O5S. The zero-order valence-corrected chi connectivity index (χ0v) is 16.5. The SMILES string of the molecule is CC(C)(N)CNC(=O)CCNS(=O)(=O)c1ccc2c(c1)OCCCO2.Cl. The molecule has 148 valence electrons. The number of sulfonamides is 1. The zero-order chi connectivity index (χ0) is 18.5. The third-order valence-electron chi connectivity index (χ3n) is 3.41. The molecule has 1 aromatic carbocycles. The van der Waals surface area contributed by atoms with Gasteiger partial charge in [0.15, 0.2) is 11.5 Å². The average molecular weight is 408 g/mol. The molecule has 1 heterocycles. The molecule has 4 N–H and O–H groups in total. The van der Waals surface area contributed by atoms with E-state index < -0.39 is 15.6 Å². The monoisotopic (exact) mass is 407 g/mol. The quantitative estimate of drug-likeness (QED) is 0.614. The normalized spacial score (nSPS) is 14.1. The van der Waals surface area contributed by atoms with Crippen LogP contribution < -0.4 is 25.2 Å². The predicted molar refractivity (Wildman–Crippen MR) is 100 cm³/mol. The van der Waals surface area contributed by atoms with Gasteiger partial charge in [0.2, 0.25) is 15.9 Å². The smallest absolute Gasteiger partial charge is 0.240 e. The van der Waals surface area contributed by atoms with Gasteiger partial charge in [-0.25, -0.2) is 13.1 Å². The van der Waals surface area contributed by atoms with Gasteiger partial charge in [0, 0.05) is 37.5 Å². The minimum absolute atomic E-state index is 0. The molecule has 0 saturated carbocycles. The second kappa shape index (κ2) is 9.40. The van der Waals surface area contributed by atoms with E-state index in [1.165, 1.54) is 12.1 Å². The van der Waals surface area contributed by atoms with Gasteiger partial charge < -0.3 is 20.5 Å². The van der Waals surface area contributed by atoms with Gasteiger partial charge in [0.1, 0.15) is 0 Å². The maximum Gasteiger partial charge on any atom is 0.240 e. The molecule has 0 aromatic heterocycles. The fourth-order valence-electron chi connectivity index (χ4n) is 2.11. The molecule has 1 aliphatic rings. The standard InChI is InChI=1S/C16H25N3O5S.ClH/c1-16(2,17)11-18-15(20)6-7-19-25(21,22)12-4-5-13-14(10-12)24-9-3-8-23-13;/h4-5,10,19H,3,6-9,11,17H2,1-2H3,(H,18,20);1H. The van der Waals surface area contributed by atoms with Crippen LogP contribution in [0, 0.1) is 0 Å². The maximum atomic E-state index is 12.3. The molecule has 0 aliphatic carbocycles. The summed E-state index contributed by atoms with van der Waals surface area (Å²) in [5.74, 6) is 0.670. The maximum absolute atomic E-state index is 12.3. The van der Waals surface area contributed by atoms with Crippen LogP contribution in [0.4, 0.5) is 0 Å². The van der Waals surface area contributed by atoms with E-state index in [0.29, 0.717) is 31.3 Å². The number of amides is 1. The summed E-state index contributed by atoms with van der Waals surface area (Å²) in [6.07, 6.45) is 0.767. The van der Waals surface area contributed by atoms with Crippen LogP contribution in [-0.4, -0.2) is 46.2 Å². The number of rotatable bonds is 7. The summed E-state index contributed by atoms with van der Waals surface area (Å²) in [5.41, 5.74) is 5.26. The van der Waals surface area contributed by atoms with Gasteiger partial charge in [-0.2, -0.15) is 0 Å². The molecule has 10 heteroatoms. The Labute approximate surface area is 160 Å². The van der Waals surface area contributed by atoms with E-state index in [2.05, 4.69) is 10.0 Å². The second-order valence-corrected chi connectivity index (χ2v) is 8.34. The fraction of sp³-hybridized carbons (Fsp3) is 0.562.